The molecule has 3 aromatic rings. The second-order valence-electron chi connectivity index (χ2n) is 6.06. The van der Waals surface area contributed by atoms with Gasteiger partial charge in [0.15, 0.2) is 11.5 Å². The molecule has 0 aliphatic heterocycles. The number of fused-ring (bicyclic) bond motifs is 1. The Labute approximate surface area is 156 Å². The van der Waals surface area contributed by atoms with E-state index in [-0.39, 0.29) is 5.63 Å². The highest BCUT2D eigenvalue weighted by Crippen LogP contribution is 2.33. The first-order valence-electron chi connectivity index (χ1n) is 8.12. The van der Waals surface area contributed by atoms with Crippen molar-refractivity contribution in [2.75, 3.05) is 19.5 Å². The van der Waals surface area contributed by atoms with Gasteiger partial charge in [0, 0.05) is 34.8 Å². The van der Waals surface area contributed by atoms with E-state index in [0.29, 0.717) is 28.6 Å². The number of ether oxygens (including phenoxy) is 2. The maximum absolute atomic E-state index is 11.9. The molecule has 0 fully saturated rings. The highest BCUT2D eigenvalue weighted by atomic mass is 35.5. The van der Waals surface area contributed by atoms with Crippen LogP contribution >= 0.6 is 11.6 Å². The molecule has 0 aliphatic rings. The van der Waals surface area contributed by atoms with Gasteiger partial charge >= 0.3 is 5.63 Å². The van der Waals surface area contributed by atoms with Crippen LogP contribution in [0.1, 0.15) is 16.7 Å². The molecule has 0 spiro atoms. The van der Waals surface area contributed by atoms with Gasteiger partial charge in [-0.05, 0) is 48.7 Å². The standard InChI is InChI=1S/C20H20ClNO4/c1-11-5-17-14(8-15(11)21)13(7-20(23)26-17)10-22-16-9-19(25-4)18(24-3)6-12(16)2/h5-9,22H,10H2,1-4H3. The average Bonchev–Trinajstić information content (AvgIpc) is 2.61. The van der Waals surface area contributed by atoms with E-state index in [1.54, 1.807) is 20.3 Å². The van der Waals surface area contributed by atoms with Crippen LogP contribution in [0.3, 0.4) is 0 Å². The van der Waals surface area contributed by atoms with E-state index in [9.17, 15) is 4.79 Å². The van der Waals surface area contributed by atoms with Crippen LogP contribution in [0.15, 0.2) is 39.5 Å². The lowest BCUT2D eigenvalue weighted by Crippen LogP contribution is -2.07. The molecular formula is C20H20ClNO4. The molecule has 136 valence electrons. The number of aryl methyl sites for hydroxylation is 2. The summed E-state index contributed by atoms with van der Waals surface area (Å²) in [4.78, 5) is 11.9. The Bertz CT molecular complexity index is 1030. The fourth-order valence-electron chi connectivity index (χ4n) is 2.86. The zero-order valence-electron chi connectivity index (χ0n) is 15.1. The van der Waals surface area contributed by atoms with Gasteiger partial charge in [-0.3, -0.25) is 0 Å². The Hall–Kier alpha value is -2.66. The van der Waals surface area contributed by atoms with Gasteiger partial charge in [-0.25, -0.2) is 4.79 Å². The Morgan fingerprint density at radius 3 is 2.38 bits per heavy atom. The molecular weight excluding hydrogens is 354 g/mol. The summed E-state index contributed by atoms with van der Waals surface area (Å²) < 4.78 is 16.0. The van der Waals surface area contributed by atoms with Crippen molar-refractivity contribution in [3.8, 4) is 11.5 Å². The predicted octanol–water partition coefficient (Wildman–Crippen LogP) is 4.69. The van der Waals surface area contributed by atoms with Crippen molar-refractivity contribution in [3.63, 3.8) is 0 Å². The van der Waals surface area contributed by atoms with Crippen LogP contribution in [-0.2, 0) is 6.54 Å². The molecule has 0 atom stereocenters. The minimum Gasteiger partial charge on any atom is -0.493 e. The SMILES string of the molecule is COc1cc(C)c(NCc2cc(=O)oc3cc(C)c(Cl)cc23)cc1OC. The topological polar surface area (TPSA) is 60.7 Å². The van der Waals surface area contributed by atoms with Crippen LogP contribution in [0.5, 0.6) is 11.5 Å². The smallest absolute Gasteiger partial charge is 0.336 e. The number of hydrogen-bond donors (Lipinski definition) is 1. The number of benzene rings is 2. The predicted molar refractivity (Wildman–Crippen MR) is 104 cm³/mol. The van der Waals surface area contributed by atoms with Gasteiger partial charge in [0.2, 0.25) is 0 Å². The lowest BCUT2D eigenvalue weighted by molar-refractivity contribution is 0.355. The number of halogens is 1. The van der Waals surface area contributed by atoms with E-state index >= 15 is 0 Å². The van der Waals surface area contributed by atoms with Crippen molar-refractivity contribution >= 4 is 28.3 Å². The Kier molecular flexibility index (Phi) is 5.09. The molecule has 0 unspecified atom stereocenters. The normalized spacial score (nSPS) is 10.8. The minimum atomic E-state index is -0.389. The number of rotatable bonds is 5. The molecule has 0 aliphatic carbocycles. The zero-order valence-corrected chi connectivity index (χ0v) is 15.9. The fourth-order valence-corrected chi connectivity index (χ4v) is 3.02. The van der Waals surface area contributed by atoms with Gasteiger partial charge in [-0.2, -0.15) is 0 Å². The van der Waals surface area contributed by atoms with Gasteiger partial charge in [0.25, 0.3) is 0 Å². The molecule has 0 bridgehead atoms. The Morgan fingerprint density at radius 2 is 1.69 bits per heavy atom. The fraction of sp³-hybridized carbons (Fsp3) is 0.250. The van der Waals surface area contributed by atoms with Gasteiger partial charge in [-0.1, -0.05) is 11.6 Å². The summed E-state index contributed by atoms with van der Waals surface area (Å²) in [5, 5.41) is 4.79. The summed E-state index contributed by atoms with van der Waals surface area (Å²) in [6.45, 7) is 4.29. The largest absolute Gasteiger partial charge is 0.493 e. The van der Waals surface area contributed by atoms with Crippen LogP contribution in [0, 0.1) is 13.8 Å². The first-order chi connectivity index (χ1) is 12.4. The van der Waals surface area contributed by atoms with Crippen LogP contribution in [0.4, 0.5) is 5.69 Å². The van der Waals surface area contributed by atoms with E-state index in [1.165, 1.54) is 6.07 Å². The monoisotopic (exact) mass is 373 g/mol. The maximum Gasteiger partial charge on any atom is 0.336 e. The molecule has 1 N–H and O–H groups in total. The summed E-state index contributed by atoms with van der Waals surface area (Å²) >= 11 is 6.24. The molecule has 0 saturated carbocycles. The second kappa shape index (κ2) is 7.30. The first-order valence-corrected chi connectivity index (χ1v) is 8.50. The van der Waals surface area contributed by atoms with Crippen molar-refractivity contribution in [3.05, 3.63) is 62.5 Å². The summed E-state index contributed by atoms with van der Waals surface area (Å²) in [7, 11) is 3.20. The lowest BCUT2D eigenvalue weighted by atomic mass is 10.1. The third-order valence-electron chi connectivity index (χ3n) is 4.31. The van der Waals surface area contributed by atoms with E-state index in [0.717, 1.165) is 27.8 Å². The second-order valence-corrected chi connectivity index (χ2v) is 6.47. The molecule has 3 rings (SSSR count). The van der Waals surface area contributed by atoms with Gasteiger partial charge in [-0.15, -0.1) is 0 Å². The van der Waals surface area contributed by atoms with E-state index < -0.39 is 0 Å². The van der Waals surface area contributed by atoms with E-state index in [2.05, 4.69) is 5.32 Å². The highest BCUT2D eigenvalue weighted by Gasteiger charge is 2.11. The zero-order chi connectivity index (χ0) is 18.8. The molecule has 0 amide bonds. The van der Waals surface area contributed by atoms with Crippen LogP contribution in [-0.4, -0.2) is 14.2 Å². The molecule has 6 heteroatoms. The summed E-state index contributed by atoms with van der Waals surface area (Å²) in [5.74, 6) is 1.31. The molecule has 0 radical (unpaired) electrons. The van der Waals surface area contributed by atoms with Gasteiger partial charge in [0.1, 0.15) is 5.58 Å². The first kappa shape index (κ1) is 18.1. The third kappa shape index (κ3) is 3.48. The Morgan fingerprint density at radius 1 is 1.00 bits per heavy atom. The summed E-state index contributed by atoms with van der Waals surface area (Å²) in [5.41, 5.74) is 3.71. The molecule has 5 nitrogen and oxygen atoms in total. The van der Waals surface area contributed by atoms with Crippen molar-refractivity contribution < 1.29 is 13.9 Å². The molecule has 2 aromatic carbocycles. The Balaban J connectivity index is 1.98. The van der Waals surface area contributed by atoms with Crippen molar-refractivity contribution in [1.82, 2.24) is 0 Å². The summed E-state index contributed by atoms with van der Waals surface area (Å²) in [6, 6.07) is 8.87. The van der Waals surface area contributed by atoms with Crippen molar-refractivity contribution in [2.45, 2.75) is 20.4 Å². The average molecular weight is 374 g/mol. The van der Waals surface area contributed by atoms with E-state index in [1.807, 2.05) is 32.0 Å². The molecule has 26 heavy (non-hydrogen) atoms. The third-order valence-corrected chi connectivity index (χ3v) is 4.72. The van der Waals surface area contributed by atoms with Crippen LogP contribution in [0.25, 0.3) is 11.0 Å². The van der Waals surface area contributed by atoms with Gasteiger partial charge in [0.05, 0.1) is 14.2 Å². The molecule has 0 saturated heterocycles. The minimum absolute atomic E-state index is 0.389. The number of methoxy groups -OCH3 is 2. The highest BCUT2D eigenvalue weighted by molar-refractivity contribution is 6.32. The number of nitrogens with one attached hydrogen (secondary N) is 1. The van der Waals surface area contributed by atoms with Crippen molar-refractivity contribution in [2.24, 2.45) is 0 Å². The van der Waals surface area contributed by atoms with Crippen LogP contribution < -0.4 is 20.4 Å². The van der Waals surface area contributed by atoms with E-state index in [4.69, 9.17) is 25.5 Å². The number of anilines is 1. The van der Waals surface area contributed by atoms with Gasteiger partial charge < -0.3 is 19.2 Å². The summed E-state index contributed by atoms with van der Waals surface area (Å²) in [6.07, 6.45) is 0. The van der Waals surface area contributed by atoms with Crippen LogP contribution in [0.2, 0.25) is 5.02 Å². The molecule has 1 aromatic heterocycles. The molecule has 1 heterocycles. The quantitative estimate of drug-likeness (QED) is 0.657. The number of hydrogen-bond acceptors (Lipinski definition) is 5. The van der Waals surface area contributed by atoms with Crippen molar-refractivity contribution in [1.29, 1.82) is 0 Å². The maximum atomic E-state index is 11.9. The lowest BCUT2D eigenvalue weighted by Gasteiger charge is -2.15.